The first-order chi connectivity index (χ1) is 7.60. The Morgan fingerprint density at radius 3 is 2.00 bits per heavy atom. The molecule has 0 saturated carbocycles. The minimum absolute atomic E-state index is 0.0746. The van der Waals surface area contributed by atoms with Crippen molar-refractivity contribution in [2.24, 2.45) is 0 Å². The number of rotatable bonds is 8. The second-order valence-corrected chi connectivity index (χ2v) is 10.8. The van der Waals surface area contributed by atoms with Gasteiger partial charge in [-0.1, -0.05) is 0 Å². The molecule has 0 fully saturated rings. The van der Waals surface area contributed by atoms with E-state index < -0.39 is 26.3 Å². The van der Waals surface area contributed by atoms with E-state index >= 15 is 0 Å². The first-order valence-electron chi connectivity index (χ1n) is 6.33. The zero-order valence-electron chi connectivity index (χ0n) is 11.0. The van der Waals surface area contributed by atoms with Gasteiger partial charge in [0.05, 0.1) is 0 Å². The van der Waals surface area contributed by atoms with Crippen LogP contribution in [0.4, 0.5) is 4.79 Å². The molecule has 0 amide bonds. The summed E-state index contributed by atoms with van der Waals surface area (Å²) in [6.45, 7) is 8.05. The Morgan fingerprint density at radius 2 is 1.62 bits per heavy atom. The van der Waals surface area contributed by atoms with Crippen molar-refractivity contribution in [2.45, 2.75) is 68.4 Å². The van der Waals surface area contributed by atoms with Crippen LogP contribution in [0.25, 0.3) is 0 Å². The van der Waals surface area contributed by atoms with Crippen molar-refractivity contribution in [3.05, 3.63) is 0 Å². The van der Waals surface area contributed by atoms with Crippen molar-refractivity contribution in [3.63, 3.8) is 0 Å². The molecule has 0 heterocycles. The Kier molecular flexibility index (Phi) is 10.3. The van der Waals surface area contributed by atoms with E-state index in [1.807, 2.05) is 13.8 Å². The van der Waals surface area contributed by atoms with Gasteiger partial charge in [-0.2, -0.15) is 0 Å². The Labute approximate surface area is 107 Å². The van der Waals surface area contributed by atoms with Gasteiger partial charge in [0.25, 0.3) is 0 Å². The zero-order valence-corrected chi connectivity index (χ0v) is 13.9. The van der Waals surface area contributed by atoms with Crippen molar-refractivity contribution in [2.75, 3.05) is 0 Å². The van der Waals surface area contributed by atoms with Crippen LogP contribution in [0.1, 0.15) is 53.4 Å². The van der Waals surface area contributed by atoms with Crippen LogP contribution >= 0.6 is 0 Å². The number of hydrogen-bond donors (Lipinski definition) is 0. The van der Waals surface area contributed by atoms with E-state index in [9.17, 15) is 4.79 Å². The van der Waals surface area contributed by atoms with Crippen LogP contribution in [0.2, 0.25) is 8.87 Å². The molecule has 0 saturated heterocycles. The molecule has 95 valence electrons. The van der Waals surface area contributed by atoms with Gasteiger partial charge in [-0.3, -0.25) is 0 Å². The monoisotopic (exact) mass is 337 g/mol. The van der Waals surface area contributed by atoms with Gasteiger partial charge < -0.3 is 0 Å². The predicted molar refractivity (Wildman–Crippen MR) is 67.9 cm³/mol. The van der Waals surface area contributed by atoms with E-state index in [0.717, 1.165) is 8.87 Å². The van der Waals surface area contributed by atoms with Crippen molar-refractivity contribution in [1.29, 1.82) is 0 Å². The normalized spacial score (nSPS) is 10.9. The predicted octanol–water partition coefficient (Wildman–Crippen LogP) is 4.14. The number of carbonyl (C=O) groups excluding carboxylic acids is 1. The average molecular weight is 336 g/mol. The standard InChI is InChI=1S/C4H8O3.2C4H9.Sn/c1-3(2)7-4(5)6;2*1-3-4-2;/h3H,1-2H3,(H,5,6);2*1,3-4H2,2H3;/q;;;+1/p-1. The summed E-state index contributed by atoms with van der Waals surface area (Å²) in [5.41, 5.74) is 0. The molecule has 0 aliphatic rings. The van der Waals surface area contributed by atoms with Crippen molar-refractivity contribution in [3.8, 4) is 0 Å². The summed E-state index contributed by atoms with van der Waals surface area (Å²) < 4.78 is 12.8. The van der Waals surface area contributed by atoms with E-state index in [0.29, 0.717) is 0 Å². The first-order valence-corrected chi connectivity index (χ1v) is 11.5. The van der Waals surface area contributed by atoms with Gasteiger partial charge in [0, 0.05) is 0 Å². The quantitative estimate of drug-likeness (QED) is 0.494. The topological polar surface area (TPSA) is 35.5 Å². The zero-order chi connectivity index (χ0) is 12.4. The Hall–Kier alpha value is 0.0687. The van der Waals surface area contributed by atoms with Gasteiger partial charge in [-0.15, -0.1) is 0 Å². The SMILES string of the molecule is CCC[CH2][Sn]([CH2]CCC)[O]C(=O)OC(C)C. The fourth-order valence-electron chi connectivity index (χ4n) is 1.31. The molecule has 0 rings (SSSR count). The molecule has 0 aromatic rings. The number of ether oxygens (including phenoxy) is 1. The molecule has 0 aromatic carbocycles. The Bertz CT molecular complexity index is 175. The third-order valence-corrected chi connectivity index (χ3v) is 8.68. The van der Waals surface area contributed by atoms with Crippen molar-refractivity contribution >= 4 is 26.3 Å². The summed E-state index contributed by atoms with van der Waals surface area (Å²) in [5, 5.41) is 0. The maximum atomic E-state index is 11.4. The molecule has 16 heavy (non-hydrogen) atoms. The summed E-state index contributed by atoms with van der Waals surface area (Å²) in [7, 11) is 0. The van der Waals surface area contributed by atoms with E-state index in [4.69, 9.17) is 7.81 Å². The van der Waals surface area contributed by atoms with Crippen molar-refractivity contribution < 1.29 is 12.6 Å². The van der Waals surface area contributed by atoms with E-state index in [2.05, 4.69) is 13.8 Å². The van der Waals surface area contributed by atoms with Crippen LogP contribution in [0.15, 0.2) is 0 Å². The number of unbranched alkanes of at least 4 members (excludes halogenated alkanes) is 2. The van der Waals surface area contributed by atoms with E-state index in [1.165, 1.54) is 25.7 Å². The molecule has 0 aliphatic carbocycles. The molecule has 0 spiro atoms. The van der Waals surface area contributed by atoms with E-state index in [-0.39, 0.29) is 6.10 Å². The third kappa shape index (κ3) is 9.31. The maximum absolute atomic E-state index is 11.4. The number of carbonyl (C=O) groups is 1. The van der Waals surface area contributed by atoms with Gasteiger partial charge in [0.15, 0.2) is 0 Å². The summed E-state index contributed by atoms with van der Waals surface area (Å²) in [5.74, 6) is 0. The van der Waals surface area contributed by atoms with Crippen LogP contribution in [0, 0.1) is 0 Å². The molecule has 0 atom stereocenters. The second kappa shape index (κ2) is 10.2. The molecule has 1 radical (unpaired) electrons. The molecule has 3 nitrogen and oxygen atoms in total. The summed E-state index contributed by atoms with van der Waals surface area (Å²) >= 11 is -1.94. The molecule has 0 aromatic heterocycles. The molecular formula is C12H25O3Sn. The number of hydrogen-bond acceptors (Lipinski definition) is 3. The molecule has 0 N–H and O–H groups in total. The Morgan fingerprint density at radius 1 is 1.12 bits per heavy atom. The van der Waals surface area contributed by atoms with Crippen LogP contribution in [-0.2, 0) is 7.81 Å². The van der Waals surface area contributed by atoms with E-state index in [1.54, 1.807) is 0 Å². The molecule has 0 aliphatic heterocycles. The fourth-order valence-corrected chi connectivity index (χ4v) is 7.68. The third-order valence-electron chi connectivity index (χ3n) is 2.18. The molecule has 4 heteroatoms. The average Bonchev–Trinajstić information content (AvgIpc) is 2.20. The second-order valence-electron chi connectivity index (χ2n) is 4.26. The first kappa shape index (κ1) is 16.1. The summed E-state index contributed by atoms with van der Waals surface area (Å²) in [6.07, 6.45) is 4.23. The van der Waals surface area contributed by atoms with Gasteiger partial charge in [0.2, 0.25) is 0 Å². The van der Waals surface area contributed by atoms with Crippen LogP contribution < -0.4 is 0 Å². The fraction of sp³-hybridized carbons (Fsp3) is 0.917. The minimum atomic E-state index is -1.94. The van der Waals surface area contributed by atoms with Gasteiger partial charge >= 0.3 is 107 Å². The van der Waals surface area contributed by atoms with Crippen molar-refractivity contribution in [1.82, 2.24) is 0 Å². The van der Waals surface area contributed by atoms with Gasteiger partial charge in [0.1, 0.15) is 0 Å². The molecule has 0 bridgehead atoms. The summed E-state index contributed by atoms with van der Waals surface area (Å²) in [4.78, 5) is 11.4. The molecular weight excluding hydrogens is 311 g/mol. The Balaban J connectivity index is 3.92. The van der Waals surface area contributed by atoms with Crippen LogP contribution in [0.3, 0.4) is 0 Å². The van der Waals surface area contributed by atoms with Crippen LogP contribution in [-0.4, -0.2) is 32.4 Å². The van der Waals surface area contributed by atoms with Crippen LogP contribution in [0.5, 0.6) is 0 Å². The summed E-state index contributed by atoms with van der Waals surface area (Å²) in [6, 6.07) is 0. The molecule has 0 unspecified atom stereocenters. The van der Waals surface area contributed by atoms with Gasteiger partial charge in [-0.25, -0.2) is 0 Å². The van der Waals surface area contributed by atoms with Gasteiger partial charge in [-0.05, 0) is 0 Å².